The summed E-state index contributed by atoms with van der Waals surface area (Å²) in [6.45, 7) is 3.89. The molecular weight excluding hydrogens is 697 g/mol. The van der Waals surface area contributed by atoms with Crippen molar-refractivity contribution in [3.63, 3.8) is 0 Å². The number of rotatable bonds is 9. The minimum Gasteiger partial charge on any atom is -0.265 e. The van der Waals surface area contributed by atoms with E-state index in [0.717, 1.165) is 49.8 Å². The molecule has 1 heterocycles. The Labute approximate surface area is 332 Å². The van der Waals surface area contributed by atoms with Crippen molar-refractivity contribution in [2.75, 3.05) is 0 Å². The highest BCUT2D eigenvalue weighted by Gasteiger charge is 2.29. The van der Waals surface area contributed by atoms with Gasteiger partial charge in [0.25, 0.3) is 5.91 Å². The highest BCUT2D eigenvalue weighted by molar-refractivity contribution is 6.40. The van der Waals surface area contributed by atoms with Crippen LogP contribution in [0.3, 0.4) is 0 Å². The molecule has 8 aromatic carbocycles. The van der Waals surface area contributed by atoms with Gasteiger partial charge in [-0.25, -0.2) is 4.99 Å². The van der Waals surface area contributed by atoms with Gasteiger partial charge in [0.05, 0.1) is 11.2 Å². The second-order valence-electron chi connectivity index (χ2n) is 14.5. The fourth-order valence-electron chi connectivity index (χ4n) is 8.13. The van der Waals surface area contributed by atoms with E-state index >= 15 is 0 Å². The molecule has 0 atom stereocenters. The van der Waals surface area contributed by atoms with Crippen LogP contribution in [0.25, 0.3) is 32.9 Å². The Balaban J connectivity index is 1.43. The summed E-state index contributed by atoms with van der Waals surface area (Å²) < 4.78 is 1.36. The molecule has 5 heteroatoms. The number of hydrogen-bond acceptors (Lipinski definition) is 4. The fraction of sp³-hybridized carbons (Fsp3) is 0.0769. The molecule has 0 aliphatic carbocycles. The van der Waals surface area contributed by atoms with E-state index < -0.39 is 0 Å². The molecule has 9 aromatic rings. The molecule has 0 saturated heterocycles. The first-order valence-corrected chi connectivity index (χ1v) is 19.3. The summed E-state index contributed by atoms with van der Waals surface area (Å²) in [5, 5.41) is 10.6. The van der Waals surface area contributed by atoms with Crippen LogP contribution < -0.4 is 0 Å². The topological polar surface area (TPSA) is 60.1 Å². The average molecular weight is 737 g/mol. The number of nitrogens with zero attached hydrogens (tertiary/aromatic N) is 4. The first-order valence-electron chi connectivity index (χ1n) is 19.3. The van der Waals surface area contributed by atoms with Gasteiger partial charge in [-0.3, -0.25) is 4.79 Å². The molecule has 9 rings (SSSR count). The Morgan fingerprint density at radius 1 is 0.561 bits per heavy atom. The largest absolute Gasteiger partial charge is 0.294 e. The van der Waals surface area contributed by atoms with Crippen molar-refractivity contribution in [1.29, 1.82) is 0 Å². The molecule has 0 aliphatic heterocycles. The van der Waals surface area contributed by atoms with Crippen LogP contribution in [0, 0.1) is 6.92 Å². The highest BCUT2D eigenvalue weighted by atomic mass is 16.2. The van der Waals surface area contributed by atoms with Gasteiger partial charge in [-0.15, -0.1) is 5.10 Å². The summed E-state index contributed by atoms with van der Waals surface area (Å²) in [4.78, 5) is 19.9. The number of carbonyl (C=O) groups excluding carboxylic acids is 1. The van der Waals surface area contributed by atoms with Gasteiger partial charge >= 0.3 is 0 Å². The van der Waals surface area contributed by atoms with Crippen LogP contribution in [0.5, 0.6) is 0 Å². The molecule has 0 bridgehead atoms. The van der Waals surface area contributed by atoms with E-state index in [-0.39, 0.29) is 17.7 Å². The zero-order chi connectivity index (χ0) is 38.7. The summed E-state index contributed by atoms with van der Waals surface area (Å²) in [5.41, 5.74) is 12.4. The quantitative estimate of drug-likeness (QED) is 0.109. The van der Waals surface area contributed by atoms with Crippen molar-refractivity contribution < 1.29 is 4.79 Å². The number of carbonyl (C=O) groups is 1. The molecule has 0 aliphatic rings. The van der Waals surface area contributed by atoms with Gasteiger partial charge in [0.1, 0.15) is 11.2 Å². The van der Waals surface area contributed by atoms with E-state index in [2.05, 4.69) is 187 Å². The van der Waals surface area contributed by atoms with Crippen molar-refractivity contribution in [2.24, 2.45) is 4.99 Å². The second kappa shape index (κ2) is 15.5. The first kappa shape index (κ1) is 35.5. The summed E-state index contributed by atoms with van der Waals surface area (Å²) in [5.74, 6) is -0.652. The lowest BCUT2D eigenvalue weighted by atomic mass is 9.76. The second-order valence-corrected chi connectivity index (χ2v) is 14.5. The van der Waals surface area contributed by atoms with Crippen molar-refractivity contribution in [1.82, 2.24) is 15.0 Å². The van der Waals surface area contributed by atoms with Crippen LogP contribution in [0.1, 0.15) is 62.5 Å². The van der Waals surface area contributed by atoms with Crippen LogP contribution in [0.2, 0.25) is 0 Å². The van der Waals surface area contributed by atoms with Crippen molar-refractivity contribution >= 4 is 39.1 Å². The standard InChI is InChI=1S/C52H40N4O/c1-35-30-32-37(33-31-35)42-26-17-27-43-44(48(38-18-7-3-8-19-38)39-20-9-4-10-21-39)34-45(49(40-22-11-5-12-23-40)41-24-13-6-14-25-41)51(50(42)43)53-36(2)52(57)56-47-29-16-15-28-46(47)54-55-56/h3-34,48-49H,1-2H3. The molecule has 0 fully saturated rings. The van der Waals surface area contributed by atoms with Crippen LogP contribution in [0.4, 0.5) is 5.69 Å². The summed E-state index contributed by atoms with van der Waals surface area (Å²) in [6, 6.07) is 67.8. The lowest BCUT2D eigenvalue weighted by Crippen LogP contribution is -2.20. The maximum absolute atomic E-state index is 14.4. The fourth-order valence-corrected chi connectivity index (χ4v) is 8.13. The van der Waals surface area contributed by atoms with E-state index in [1.54, 1.807) is 6.92 Å². The summed E-state index contributed by atoms with van der Waals surface area (Å²) in [6.07, 6.45) is 0. The Morgan fingerprint density at radius 2 is 1.07 bits per heavy atom. The predicted octanol–water partition coefficient (Wildman–Crippen LogP) is 12.4. The van der Waals surface area contributed by atoms with Crippen LogP contribution in [-0.4, -0.2) is 26.6 Å². The third kappa shape index (κ3) is 6.85. The Hall–Kier alpha value is -7.24. The molecule has 0 saturated carbocycles. The normalized spacial score (nSPS) is 11.8. The molecule has 0 amide bonds. The maximum atomic E-state index is 14.4. The smallest absolute Gasteiger partial charge is 0.265 e. The Bertz CT molecular complexity index is 2790. The van der Waals surface area contributed by atoms with Gasteiger partial charge in [0, 0.05) is 17.2 Å². The van der Waals surface area contributed by atoms with Gasteiger partial charge in [0.2, 0.25) is 0 Å². The lowest BCUT2D eigenvalue weighted by Gasteiger charge is -2.28. The number of aryl methyl sites for hydroxylation is 1. The zero-order valence-corrected chi connectivity index (χ0v) is 31.8. The van der Waals surface area contributed by atoms with Crippen molar-refractivity contribution in [2.45, 2.75) is 25.7 Å². The molecule has 5 nitrogen and oxygen atoms in total. The average Bonchev–Trinajstić information content (AvgIpc) is 3.70. The number of aliphatic imine (C=N–C) groups is 1. The molecule has 0 unspecified atom stereocenters. The molecule has 57 heavy (non-hydrogen) atoms. The third-order valence-corrected chi connectivity index (χ3v) is 10.8. The van der Waals surface area contributed by atoms with Gasteiger partial charge in [-0.2, -0.15) is 4.68 Å². The third-order valence-electron chi connectivity index (χ3n) is 10.8. The molecule has 1 aromatic heterocycles. The van der Waals surface area contributed by atoms with E-state index in [1.807, 2.05) is 24.3 Å². The van der Waals surface area contributed by atoms with Crippen LogP contribution in [0.15, 0.2) is 199 Å². The lowest BCUT2D eigenvalue weighted by molar-refractivity contribution is 0.0978. The highest BCUT2D eigenvalue weighted by Crippen LogP contribution is 2.49. The number of aromatic nitrogens is 3. The minimum absolute atomic E-state index is 0.101. The van der Waals surface area contributed by atoms with E-state index in [9.17, 15) is 4.79 Å². The summed E-state index contributed by atoms with van der Waals surface area (Å²) >= 11 is 0. The van der Waals surface area contributed by atoms with Gasteiger partial charge < -0.3 is 0 Å². The Kier molecular flexibility index (Phi) is 9.63. The molecular formula is C52H40N4O. The number of fused-ring (bicyclic) bond motifs is 2. The Morgan fingerprint density at radius 3 is 1.63 bits per heavy atom. The molecule has 0 radical (unpaired) electrons. The number of benzene rings is 8. The van der Waals surface area contributed by atoms with Gasteiger partial charge in [-0.05, 0) is 75.9 Å². The van der Waals surface area contributed by atoms with Crippen LogP contribution in [-0.2, 0) is 0 Å². The van der Waals surface area contributed by atoms with Crippen molar-refractivity contribution in [3.8, 4) is 11.1 Å². The summed E-state index contributed by atoms with van der Waals surface area (Å²) in [7, 11) is 0. The molecule has 0 N–H and O–H groups in total. The van der Waals surface area contributed by atoms with E-state index in [0.29, 0.717) is 16.7 Å². The molecule has 274 valence electrons. The first-order chi connectivity index (χ1) is 28.0. The van der Waals surface area contributed by atoms with E-state index in [1.165, 1.54) is 21.4 Å². The van der Waals surface area contributed by atoms with Crippen molar-refractivity contribution in [3.05, 3.63) is 233 Å². The van der Waals surface area contributed by atoms with Crippen LogP contribution >= 0.6 is 0 Å². The SMILES string of the molecule is CC(=Nc1c(C(c2ccccc2)c2ccccc2)cc(C(c2ccccc2)c2ccccc2)c2cccc(-c3ccc(C)cc3)c12)C(=O)n1nnc2ccccc21. The maximum Gasteiger partial charge on any atom is 0.294 e. The predicted molar refractivity (Wildman–Crippen MR) is 233 cm³/mol. The number of para-hydroxylation sites is 1. The minimum atomic E-state index is -0.331. The van der Waals surface area contributed by atoms with E-state index in [4.69, 9.17) is 4.99 Å². The zero-order valence-electron chi connectivity index (χ0n) is 31.8. The number of hydrogen-bond donors (Lipinski definition) is 0. The van der Waals surface area contributed by atoms with Gasteiger partial charge in [-0.1, -0.05) is 193 Å². The monoisotopic (exact) mass is 736 g/mol. The molecule has 0 spiro atoms. The van der Waals surface area contributed by atoms with Gasteiger partial charge in [0.15, 0.2) is 0 Å².